The lowest BCUT2D eigenvalue weighted by atomic mass is 10.1. The second-order valence-electron chi connectivity index (χ2n) is 6.27. The first-order valence-corrected chi connectivity index (χ1v) is 10.9. The Labute approximate surface area is 163 Å². The van der Waals surface area contributed by atoms with Gasteiger partial charge in [0.2, 0.25) is 0 Å². The SMILES string of the molecule is CCc1ccc(C(=O)NNC(=O)[C@@H](NS(=O)(=O)c2cccs2)C(C)C)cc1. The summed E-state index contributed by atoms with van der Waals surface area (Å²) in [5.41, 5.74) is 6.11. The number of hydrogen-bond acceptors (Lipinski definition) is 5. The Morgan fingerprint density at radius 3 is 2.26 bits per heavy atom. The Morgan fingerprint density at radius 2 is 1.74 bits per heavy atom. The molecule has 0 saturated heterocycles. The Morgan fingerprint density at radius 1 is 1.07 bits per heavy atom. The number of sulfonamides is 1. The van der Waals surface area contributed by atoms with Gasteiger partial charge in [-0.25, -0.2) is 8.42 Å². The molecule has 0 spiro atoms. The standard InChI is InChI=1S/C18H23N3O4S2/c1-4-13-7-9-14(10-8-13)17(22)19-20-18(23)16(12(2)3)21-27(24,25)15-6-5-11-26-15/h5-12,16,21H,4H2,1-3H3,(H,19,22)(H,20,23)/t16-/m0/s1. The minimum absolute atomic E-state index is 0.126. The smallest absolute Gasteiger partial charge is 0.269 e. The van der Waals surface area contributed by atoms with Crippen molar-refractivity contribution >= 4 is 33.2 Å². The van der Waals surface area contributed by atoms with E-state index in [2.05, 4.69) is 15.6 Å². The minimum atomic E-state index is -3.81. The van der Waals surface area contributed by atoms with Gasteiger partial charge in [0.05, 0.1) is 0 Å². The average molecular weight is 410 g/mol. The van der Waals surface area contributed by atoms with E-state index < -0.39 is 27.9 Å². The van der Waals surface area contributed by atoms with Crippen molar-refractivity contribution in [1.82, 2.24) is 15.6 Å². The quantitative estimate of drug-likeness (QED) is 0.609. The van der Waals surface area contributed by atoms with Crippen molar-refractivity contribution in [2.75, 3.05) is 0 Å². The van der Waals surface area contributed by atoms with Gasteiger partial charge in [-0.1, -0.05) is 39.0 Å². The molecule has 2 amide bonds. The van der Waals surface area contributed by atoms with Gasteiger partial charge in [-0.05, 0) is 41.5 Å². The molecular formula is C18H23N3O4S2. The molecular weight excluding hydrogens is 386 g/mol. The molecule has 1 heterocycles. The van der Waals surface area contributed by atoms with Crippen molar-refractivity contribution < 1.29 is 18.0 Å². The number of thiophene rings is 1. The van der Waals surface area contributed by atoms with Crippen LogP contribution in [0.4, 0.5) is 0 Å². The summed E-state index contributed by atoms with van der Waals surface area (Å²) < 4.78 is 27.2. The Balaban J connectivity index is 2.01. The van der Waals surface area contributed by atoms with Gasteiger partial charge in [0.1, 0.15) is 10.3 Å². The molecule has 2 rings (SSSR count). The lowest BCUT2D eigenvalue weighted by molar-refractivity contribution is -0.124. The highest BCUT2D eigenvalue weighted by Gasteiger charge is 2.29. The zero-order valence-corrected chi connectivity index (χ0v) is 17.0. The van der Waals surface area contributed by atoms with E-state index >= 15 is 0 Å². The fourth-order valence-electron chi connectivity index (χ4n) is 2.29. The summed E-state index contributed by atoms with van der Waals surface area (Å²) in [6, 6.07) is 9.06. The largest absolute Gasteiger partial charge is 0.271 e. The van der Waals surface area contributed by atoms with Crippen molar-refractivity contribution in [3.05, 3.63) is 52.9 Å². The van der Waals surface area contributed by atoms with E-state index in [0.717, 1.165) is 23.3 Å². The average Bonchev–Trinajstić information content (AvgIpc) is 3.19. The van der Waals surface area contributed by atoms with Crippen LogP contribution in [-0.2, 0) is 21.2 Å². The van der Waals surface area contributed by atoms with Crippen LogP contribution in [0.25, 0.3) is 0 Å². The van der Waals surface area contributed by atoms with Crippen molar-refractivity contribution in [3.63, 3.8) is 0 Å². The topological polar surface area (TPSA) is 104 Å². The zero-order chi connectivity index (χ0) is 20.0. The molecule has 0 radical (unpaired) electrons. The third-order valence-corrected chi connectivity index (χ3v) is 6.75. The number of nitrogens with one attached hydrogen (secondary N) is 3. The van der Waals surface area contributed by atoms with Crippen molar-refractivity contribution in [2.24, 2.45) is 5.92 Å². The van der Waals surface area contributed by atoms with Gasteiger partial charge in [0.15, 0.2) is 0 Å². The van der Waals surface area contributed by atoms with Gasteiger partial charge >= 0.3 is 0 Å². The minimum Gasteiger partial charge on any atom is -0.271 e. The molecule has 0 aliphatic heterocycles. The summed E-state index contributed by atoms with van der Waals surface area (Å²) in [4.78, 5) is 24.6. The van der Waals surface area contributed by atoms with Gasteiger partial charge in [0, 0.05) is 5.56 Å². The first-order chi connectivity index (χ1) is 12.7. The van der Waals surface area contributed by atoms with Crippen molar-refractivity contribution in [1.29, 1.82) is 0 Å². The summed E-state index contributed by atoms with van der Waals surface area (Å²) in [5.74, 6) is -1.43. The van der Waals surface area contributed by atoms with E-state index in [4.69, 9.17) is 0 Å². The summed E-state index contributed by atoms with van der Waals surface area (Å²) in [6.07, 6.45) is 0.860. The Hall–Kier alpha value is -2.23. The second-order valence-corrected chi connectivity index (χ2v) is 9.16. The second kappa shape index (κ2) is 9.12. The van der Waals surface area contributed by atoms with Gasteiger partial charge in [-0.2, -0.15) is 4.72 Å². The van der Waals surface area contributed by atoms with Crippen LogP contribution < -0.4 is 15.6 Å². The van der Waals surface area contributed by atoms with E-state index in [-0.39, 0.29) is 10.1 Å². The molecule has 0 bridgehead atoms. The molecule has 1 aromatic carbocycles. The molecule has 0 aliphatic rings. The Bertz CT molecular complexity index is 876. The van der Waals surface area contributed by atoms with Crippen LogP contribution in [0, 0.1) is 5.92 Å². The molecule has 7 nitrogen and oxygen atoms in total. The predicted octanol–water partition coefficient (Wildman–Crippen LogP) is 2.07. The fraction of sp³-hybridized carbons (Fsp3) is 0.333. The molecule has 1 atom stereocenters. The molecule has 2 aromatic rings. The number of carbonyl (C=O) groups is 2. The number of aryl methyl sites for hydroxylation is 1. The molecule has 146 valence electrons. The summed E-state index contributed by atoms with van der Waals surface area (Å²) >= 11 is 1.06. The van der Waals surface area contributed by atoms with Crippen molar-refractivity contribution in [3.8, 4) is 0 Å². The third-order valence-electron chi connectivity index (χ3n) is 3.91. The van der Waals surface area contributed by atoms with E-state index in [0.29, 0.717) is 5.56 Å². The molecule has 0 unspecified atom stereocenters. The molecule has 0 aliphatic carbocycles. The van der Waals surface area contributed by atoms with Crippen LogP contribution in [0.15, 0.2) is 46.0 Å². The summed E-state index contributed by atoms with van der Waals surface area (Å²) in [5, 5.41) is 1.64. The molecule has 3 N–H and O–H groups in total. The van der Waals surface area contributed by atoms with Gasteiger partial charge in [-0.3, -0.25) is 20.4 Å². The first kappa shape index (κ1) is 21.1. The zero-order valence-electron chi connectivity index (χ0n) is 15.4. The summed E-state index contributed by atoms with van der Waals surface area (Å²) in [6.45, 7) is 5.44. The normalized spacial score (nSPS) is 12.6. The molecule has 0 saturated carbocycles. The number of rotatable bonds is 7. The van der Waals surface area contributed by atoms with Crippen LogP contribution in [-0.4, -0.2) is 26.3 Å². The van der Waals surface area contributed by atoms with Crippen molar-refractivity contribution in [2.45, 2.75) is 37.4 Å². The van der Waals surface area contributed by atoms with Crippen LogP contribution >= 0.6 is 11.3 Å². The Kier molecular flexibility index (Phi) is 7.11. The highest BCUT2D eigenvalue weighted by Crippen LogP contribution is 2.17. The van der Waals surface area contributed by atoms with Crippen LogP contribution in [0.3, 0.4) is 0 Å². The number of benzene rings is 1. The maximum atomic E-state index is 12.4. The van der Waals surface area contributed by atoms with Gasteiger partial charge in [0.25, 0.3) is 21.8 Å². The maximum Gasteiger partial charge on any atom is 0.269 e. The lowest BCUT2D eigenvalue weighted by Crippen LogP contribution is -2.54. The molecule has 1 aromatic heterocycles. The fourth-order valence-corrected chi connectivity index (χ4v) is 4.65. The molecule has 0 fully saturated rings. The molecule has 27 heavy (non-hydrogen) atoms. The number of hydrogen-bond donors (Lipinski definition) is 3. The van der Waals surface area contributed by atoms with E-state index in [9.17, 15) is 18.0 Å². The van der Waals surface area contributed by atoms with Gasteiger partial charge in [-0.15, -0.1) is 11.3 Å². The number of amides is 2. The summed E-state index contributed by atoms with van der Waals surface area (Å²) in [7, 11) is -3.81. The van der Waals surface area contributed by atoms with E-state index in [1.165, 1.54) is 6.07 Å². The number of carbonyl (C=O) groups excluding carboxylic acids is 2. The maximum absolute atomic E-state index is 12.4. The van der Waals surface area contributed by atoms with E-state index in [1.54, 1.807) is 37.4 Å². The lowest BCUT2D eigenvalue weighted by Gasteiger charge is -2.21. The monoisotopic (exact) mass is 409 g/mol. The first-order valence-electron chi connectivity index (χ1n) is 8.49. The number of hydrazine groups is 1. The van der Waals surface area contributed by atoms with Gasteiger partial charge < -0.3 is 0 Å². The molecule has 9 heteroatoms. The van der Waals surface area contributed by atoms with Crippen LogP contribution in [0.1, 0.15) is 36.7 Å². The predicted molar refractivity (Wildman–Crippen MR) is 105 cm³/mol. The van der Waals surface area contributed by atoms with E-state index in [1.807, 2.05) is 19.1 Å². The van der Waals surface area contributed by atoms with Crippen LogP contribution in [0.2, 0.25) is 0 Å². The third kappa shape index (κ3) is 5.62. The van der Waals surface area contributed by atoms with Crippen LogP contribution in [0.5, 0.6) is 0 Å². The highest BCUT2D eigenvalue weighted by atomic mass is 32.2. The highest BCUT2D eigenvalue weighted by molar-refractivity contribution is 7.91.